The Labute approximate surface area is 103 Å². The maximum absolute atomic E-state index is 5.56. The van der Waals surface area contributed by atoms with Crippen molar-refractivity contribution < 1.29 is 4.52 Å². The molecule has 3 N–H and O–H groups in total. The highest BCUT2D eigenvalue weighted by atomic mass is 16.5. The lowest BCUT2D eigenvalue weighted by Gasteiger charge is -1.94. The van der Waals surface area contributed by atoms with Crippen LogP contribution in [0.15, 0.2) is 28.8 Å². The number of benzene rings is 1. The largest absolute Gasteiger partial charge is 0.381 e. The smallest absolute Gasteiger partial charge is 0.169 e. The first-order chi connectivity index (χ1) is 8.79. The zero-order chi connectivity index (χ0) is 12.1. The van der Waals surface area contributed by atoms with Crippen molar-refractivity contribution in [1.29, 1.82) is 0 Å². The summed E-state index contributed by atoms with van der Waals surface area (Å²) < 4.78 is 5.16. The molecule has 1 aliphatic carbocycles. The number of imidazole rings is 1. The Kier molecular flexibility index (Phi) is 1.81. The molecule has 0 bridgehead atoms. The first-order valence-electron chi connectivity index (χ1n) is 6.02. The van der Waals surface area contributed by atoms with Gasteiger partial charge in [0.1, 0.15) is 5.82 Å². The summed E-state index contributed by atoms with van der Waals surface area (Å²) in [6, 6.07) is 7.71. The predicted molar refractivity (Wildman–Crippen MR) is 68.0 cm³/mol. The summed E-state index contributed by atoms with van der Waals surface area (Å²) in [5.74, 6) is 2.80. The normalized spacial score (nSPS) is 15.3. The van der Waals surface area contributed by atoms with E-state index in [2.05, 4.69) is 15.1 Å². The molecule has 1 saturated carbocycles. The van der Waals surface area contributed by atoms with Gasteiger partial charge in [-0.05, 0) is 31.0 Å². The number of hydrogen-bond donors (Lipinski definition) is 2. The molecule has 18 heavy (non-hydrogen) atoms. The second kappa shape index (κ2) is 3.35. The van der Waals surface area contributed by atoms with Crippen LogP contribution in [0.25, 0.3) is 22.4 Å². The summed E-state index contributed by atoms with van der Waals surface area (Å²) in [5, 5.41) is 3.69. The maximum atomic E-state index is 5.56. The Balaban J connectivity index is 1.82. The van der Waals surface area contributed by atoms with E-state index in [0.717, 1.165) is 22.4 Å². The number of aromatic nitrogens is 3. The molecule has 1 fully saturated rings. The SMILES string of the molecule is Nc1cc(-c2ccc3nc(C4CC4)[nH]c3c2)on1. The molecular formula is C13H12N4O. The molecule has 2 heterocycles. The van der Waals surface area contributed by atoms with Gasteiger partial charge in [-0.3, -0.25) is 0 Å². The fraction of sp³-hybridized carbons (Fsp3) is 0.231. The lowest BCUT2D eigenvalue weighted by molar-refractivity contribution is 0.436. The van der Waals surface area contributed by atoms with Gasteiger partial charge in [-0.1, -0.05) is 5.16 Å². The van der Waals surface area contributed by atoms with Crippen molar-refractivity contribution in [3.63, 3.8) is 0 Å². The number of nitrogens with two attached hydrogens (primary N) is 1. The molecule has 3 aromatic rings. The number of nitrogen functional groups attached to an aromatic ring is 1. The fourth-order valence-corrected chi connectivity index (χ4v) is 2.16. The number of anilines is 1. The minimum atomic E-state index is 0.397. The van der Waals surface area contributed by atoms with E-state index in [9.17, 15) is 0 Å². The number of H-pyrrole nitrogens is 1. The molecule has 0 aliphatic heterocycles. The molecule has 90 valence electrons. The molecule has 1 aliphatic rings. The average molecular weight is 240 g/mol. The second-order valence-corrected chi connectivity index (χ2v) is 4.74. The molecule has 5 nitrogen and oxygen atoms in total. The van der Waals surface area contributed by atoms with Crippen LogP contribution >= 0.6 is 0 Å². The van der Waals surface area contributed by atoms with Crippen molar-refractivity contribution in [3.05, 3.63) is 30.1 Å². The van der Waals surface area contributed by atoms with Crippen LogP contribution in [-0.4, -0.2) is 15.1 Å². The average Bonchev–Trinajstić information content (AvgIpc) is 2.99. The molecule has 5 heteroatoms. The third-order valence-electron chi connectivity index (χ3n) is 3.28. The highest BCUT2D eigenvalue weighted by Crippen LogP contribution is 2.39. The summed E-state index contributed by atoms with van der Waals surface area (Å²) in [7, 11) is 0. The number of fused-ring (bicyclic) bond motifs is 1. The highest BCUT2D eigenvalue weighted by molar-refractivity contribution is 5.81. The van der Waals surface area contributed by atoms with Crippen molar-refractivity contribution in [2.24, 2.45) is 0 Å². The van der Waals surface area contributed by atoms with Gasteiger partial charge in [0.25, 0.3) is 0 Å². The quantitative estimate of drug-likeness (QED) is 0.721. The molecule has 0 spiro atoms. The Morgan fingerprint density at radius 2 is 2.17 bits per heavy atom. The second-order valence-electron chi connectivity index (χ2n) is 4.74. The summed E-state index contributed by atoms with van der Waals surface area (Å²) in [6.07, 6.45) is 2.48. The van der Waals surface area contributed by atoms with E-state index in [-0.39, 0.29) is 0 Å². The predicted octanol–water partition coefficient (Wildman–Crippen LogP) is 2.68. The number of rotatable bonds is 2. The summed E-state index contributed by atoms with van der Waals surface area (Å²) in [4.78, 5) is 7.96. The Morgan fingerprint density at radius 3 is 2.89 bits per heavy atom. The highest BCUT2D eigenvalue weighted by Gasteiger charge is 2.26. The molecule has 0 saturated heterocycles. The molecule has 2 aromatic heterocycles. The third kappa shape index (κ3) is 1.48. The molecule has 4 rings (SSSR count). The van der Waals surface area contributed by atoms with Gasteiger partial charge >= 0.3 is 0 Å². The monoisotopic (exact) mass is 240 g/mol. The molecule has 1 aromatic carbocycles. The van der Waals surface area contributed by atoms with E-state index in [0.29, 0.717) is 17.5 Å². The van der Waals surface area contributed by atoms with Crippen LogP contribution in [0, 0.1) is 0 Å². The van der Waals surface area contributed by atoms with E-state index in [4.69, 9.17) is 10.3 Å². The number of nitrogens with zero attached hydrogens (tertiary/aromatic N) is 2. The summed E-state index contributed by atoms with van der Waals surface area (Å²) in [6.45, 7) is 0. The van der Waals surface area contributed by atoms with Gasteiger partial charge in [-0.2, -0.15) is 0 Å². The Hall–Kier alpha value is -2.30. The van der Waals surface area contributed by atoms with Gasteiger partial charge in [0, 0.05) is 17.5 Å². The topological polar surface area (TPSA) is 80.7 Å². The zero-order valence-corrected chi connectivity index (χ0v) is 9.68. The Morgan fingerprint density at radius 1 is 1.28 bits per heavy atom. The van der Waals surface area contributed by atoms with Crippen LogP contribution in [0.1, 0.15) is 24.6 Å². The molecule has 0 unspecified atom stereocenters. The standard InChI is InChI=1S/C13H12N4O/c14-12-6-11(18-17-12)8-3-4-9-10(5-8)16-13(15-9)7-1-2-7/h3-7H,1-2H2,(H2,14,17)(H,15,16). The van der Waals surface area contributed by atoms with E-state index in [1.54, 1.807) is 6.07 Å². The van der Waals surface area contributed by atoms with Crippen LogP contribution in [0.5, 0.6) is 0 Å². The lowest BCUT2D eigenvalue weighted by Crippen LogP contribution is -1.80. The van der Waals surface area contributed by atoms with Crippen LogP contribution in [0.4, 0.5) is 5.82 Å². The number of hydrogen-bond acceptors (Lipinski definition) is 4. The van der Waals surface area contributed by atoms with Crippen molar-refractivity contribution >= 4 is 16.9 Å². The Bertz CT molecular complexity index is 724. The molecule has 0 amide bonds. The fourth-order valence-electron chi connectivity index (χ4n) is 2.16. The zero-order valence-electron chi connectivity index (χ0n) is 9.68. The minimum absolute atomic E-state index is 0.397. The van der Waals surface area contributed by atoms with Gasteiger partial charge in [-0.15, -0.1) is 0 Å². The number of aromatic amines is 1. The van der Waals surface area contributed by atoms with Crippen LogP contribution < -0.4 is 5.73 Å². The van der Waals surface area contributed by atoms with E-state index in [1.807, 2.05) is 18.2 Å². The minimum Gasteiger partial charge on any atom is -0.381 e. The van der Waals surface area contributed by atoms with Gasteiger partial charge in [0.15, 0.2) is 11.6 Å². The van der Waals surface area contributed by atoms with Gasteiger partial charge in [0.2, 0.25) is 0 Å². The van der Waals surface area contributed by atoms with Crippen LogP contribution in [0.3, 0.4) is 0 Å². The summed E-state index contributed by atoms with van der Waals surface area (Å²) >= 11 is 0. The van der Waals surface area contributed by atoms with E-state index in [1.165, 1.54) is 12.8 Å². The van der Waals surface area contributed by atoms with Crippen molar-refractivity contribution in [2.45, 2.75) is 18.8 Å². The van der Waals surface area contributed by atoms with Crippen molar-refractivity contribution in [1.82, 2.24) is 15.1 Å². The van der Waals surface area contributed by atoms with Crippen molar-refractivity contribution in [2.75, 3.05) is 5.73 Å². The molecule has 0 radical (unpaired) electrons. The van der Waals surface area contributed by atoms with Gasteiger partial charge in [0.05, 0.1) is 11.0 Å². The summed E-state index contributed by atoms with van der Waals surface area (Å²) in [5.41, 5.74) is 8.54. The van der Waals surface area contributed by atoms with Crippen LogP contribution in [0.2, 0.25) is 0 Å². The first-order valence-corrected chi connectivity index (χ1v) is 6.02. The molecular weight excluding hydrogens is 228 g/mol. The molecule has 0 atom stereocenters. The number of nitrogens with one attached hydrogen (secondary N) is 1. The van der Waals surface area contributed by atoms with E-state index < -0.39 is 0 Å². The van der Waals surface area contributed by atoms with Gasteiger partial charge in [-0.25, -0.2) is 4.98 Å². The first kappa shape index (κ1) is 9.70. The van der Waals surface area contributed by atoms with Gasteiger partial charge < -0.3 is 15.2 Å². The maximum Gasteiger partial charge on any atom is 0.169 e. The van der Waals surface area contributed by atoms with Crippen LogP contribution in [-0.2, 0) is 0 Å². The van der Waals surface area contributed by atoms with E-state index >= 15 is 0 Å². The third-order valence-corrected chi connectivity index (χ3v) is 3.28. The van der Waals surface area contributed by atoms with Crippen molar-refractivity contribution in [3.8, 4) is 11.3 Å². The lowest BCUT2D eigenvalue weighted by atomic mass is 10.1.